The van der Waals surface area contributed by atoms with Gasteiger partial charge in [-0.3, -0.25) is 9.59 Å². The minimum Gasteiger partial charge on any atom is -0.340 e. The molecule has 1 aromatic heterocycles. The molecular formula is C22H22FN5O2. The molecule has 1 aliphatic rings. The smallest absolute Gasteiger partial charge is 0.244 e. The van der Waals surface area contributed by atoms with Crippen molar-refractivity contribution in [2.75, 3.05) is 18.4 Å². The average Bonchev–Trinajstić information content (AvgIpc) is 3.27. The van der Waals surface area contributed by atoms with Crippen LogP contribution in [0, 0.1) is 11.7 Å². The predicted octanol–water partition coefficient (Wildman–Crippen LogP) is 2.96. The number of benzene rings is 2. The molecule has 0 aliphatic carbocycles. The van der Waals surface area contributed by atoms with Crippen molar-refractivity contribution in [2.45, 2.75) is 19.4 Å². The summed E-state index contributed by atoms with van der Waals surface area (Å²) in [6, 6.07) is 13.7. The molecule has 1 aliphatic heterocycles. The number of piperidine rings is 1. The van der Waals surface area contributed by atoms with Gasteiger partial charge >= 0.3 is 0 Å². The highest BCUT2D eigenvalue weighted by atomic mass is 19.1. The zero-order valence-electron chi connectivity index (χ0n) is 16.4. The molecule has 154 valence electrons. The Labute approximate surface area is 173 Å². The number of aromatic nitrogens is 3. The fraction of sp³-hybridized carbons (Fsp3) is 0.273. The normalized spacial score (nSPS) is 16.3. The lowest BCUT2D eigenvalue weighted by atomic mass is 9.97. The van der Waals surface area contributed by atoms with Gasteiger partial charge in [-0.2, -0.15) is 5.10 Å². The fourth-order valence-electron chi connectivity index (χ4n) is 3.63. The molecule has 0 saturated carbocycles. The van der Waals surface area contributed by atoms with E-state index in [9.17, 15) is 14.0 Å². The summed E-state index contributed by atoms with van der Waals surface area (Å²) < 4.78 is 14.9. The summed E-state index contributed by atoms with van der Waals surface area (Å²) in [5, 5.41) is 6.88. The lowest BCUT2D eigenvalue weighted by Gasteiger charge is -2.32. The summed E-state index contributed by atoms with van der Waals surface area (Å²) in [6.45, 7) is 1.15. The number of carbonyl (C=O) groups excluding carboxylic acids is 2. The molecule has 4 rings (SSSR count). The maximum atomic E-state index is 13.4. The zero-order valence-corrected chi connectivity index (χ0v) is 16.4. The number of rotatable bonds is 5. The van der Waals surface area contributed by atoms with Gasteiger partial charge in [-0.05, 0) is 48.2 Å². The molecule has 1 saturated heterocycles. The van der Waals surface area contributed by atoms with Crippen molar-refractivity contribution < 1.29 is 14.0 Å². The van der Waals surface area contributed by atoms with Gasteiger partial charge in [0.25, 0.3) is 0 Å². The third kappa shape index (κ3) is 4.71. The summed E-state index contributed by atoms with van der Waals surface area (Å²) in [4.78, 5) is 30.7. The van der Waals surface area contributed by atoms with E-state index < -0.39 is 0 Å². The van der Waals surface area contributed by atoms with Gasteiger partial charge in [0.1, 0.15) is 25.0 Å². The van der Waals surface area contributed by atoms with Crippen LogP contribution in [0.15, 0.2) is 61.2 Å². The number of carbonyl (C=O) groups is 2. The Morgan fingerprint density at radius 1 is 1.13 bits per heavy atom. The standard InChI is InChI=1S/C22H22FN5O2/c23-19-5-1-3-17(11-19)16-6-8-20(9-7-16)26-22(30)18-4-2-10-27(12-18)21(29)13-28-15-24-14-25-28/h1,3,5-9,11,14-15,18H,2,4,10,12-13H2,(H,26,30). The van der Waals surface area contributed by atoms with Crippen LogP contribution < -0.4 is 5.32 Å². The molecule has 1 unspecified atom stereocenters. The number of nitrogens with zero attached hydrogens (tertiary/aromatic N) is 4. The van der Waals surface area contributed by atoms with Crippen LogP contribution in [0.25, 0.3) is 11.1 Å². The third-order valence-electron chi connectivity index (χ3n) is 5.22. The number of amides is 2. The van der Waals surface area contributed by atoms with Crippen molar-refractivity contribution in [3.8, 4) is 11.1 Å². The molecule has 2 aromatic carbocycles. The fourth-order valence-corrected chi connectivity index (χ4v) is 3.63. The Kier molecular flexibility index (Phi) is 5.83. The van der Waals surface area contributed by atoms with E-state index in [4.69, 9.17) is 0 Å². The first-order chi connectivity index (χ1) is 14.6. The predicted molar refractivity (Wildman–Crippen MR) is 110 cm³/mol. The molecule has 7 nitrogen and oxygen atoms in total. The van der Waals surface area contributed by atoms with Crippen molar-refractivity contribution in [3.05, 3.63) is 67.0 Å². The van der Waals surface area contributed by atoms with Crippen LogP contribution in [0.4, 0.5) is 10.1 Å². The van der Waals surface area contributed by atoms with Crippen molar-refractivity contribution in [1.82, 2.24) is 19.7 Å². The first-order valence-corrected chi connectivity index (χ1v) is 9.85. The van der Waals surface area contributed by atoms with Gasteiger partial charge in [0.2, 0.25) is 11.8 Å². The number of hydrogen-bond acceptors (Lipinski definition) is 4. The van der Waals surface area contributed by atoms with E-state index >= 15 is 0 Å². The minimum absolute atomic E-state index is 0.0718. The Bertz CT molecular complexity index is 1020. The van der Waals surface area contributed by atoms with E-state index in [1.807, 2.05) is 18.2 Å². The molecule has 1 N–H and O–H groups in total. The molecule has 30 heavy (non-hydrogen) atoms. The number of nitrogens with one attached hydrogen (secondary N) is 1. The topological polar surface area (TPSA) is 80.1 Å². The van der Waals surface area contributed by atoms with Gasteiger partial charge in [-0.1, -0.05) is 24.3 Å². The Hall–Kier alpha value is -3.55. The van der Waals surface area contributed by atoms with E-state index in [0.717, 1.165) is 24.0 Å². The van der Waals surface area contributed by atoms with Crippen LogP contribution in [0.3, 0.4) is 0 Å². The molecule has 3 aromatic rings. The monoisotopic (exact) mass is 407 g/mol. The summed E-state index contributed by atoms with van der Waals surface area (Å²) in [5.41, 5.74) is 2.32. The number of hydrogen-bond donors (Lipinski definition) is 1. The number of anilines is 1. The summed E-state index contributed by atoms with van der Waals surface area (Å²) in [6.07, 6.45) is 4.40. The maximum absolute atomic E-state index is 13.4. The molecule has 0 bridgehead atoms. The van der Waals surface area contributed by atoms with Crippen LogP contribution in [-0.4, -0.2) is 44.6 Å². The van der Waals surface area contributed by atoms with Gasteiger partial charge in [-0.25, -0.2) is 14.1 Å². The average molecular weight is 407 g/mol. The molecule has 0 radical (unpaired) electrons. The van der Waals surface area contributed by atoms with E-state index in [-0.39, 0.29) is 30.1 Å². The van der Waals surface area contributed by atoms with Crippen molar-refractivity contribution in [2.24, 2.45) is 5.92 Å². The molecule has 2 amide bonds. The Morgan fingerprint density at radius 3 is 2.70 bits per heavy atom. The maximum Gasteiger partial charge on any atom is 0.244 e. The summed E-state index contributed by atoms with van der Waals surface area (Å²) in [5.74, 6) is -0.726. The van der Waals surface area contributed by atoms with E-state index in [0.29, 0.717) is 18.8 Å². The third-order valence-corrected chi connectivity index (χ3v) is 5.22. The molecule has 0 spiro atoms. The van der Waals surface area contributed by atoms with Crippen molar-refractivity contribution in [3.63, 3.8) is 0 Å². The quantitative estimate of drug-likeness (QED) is 0.705. The SMILES string of the molecule is O=C(Nc1ccc(-c2cccc(F)c2)cc1)C1CCCN(C(=O)Cn2cncn2)C1. The molecule has 2 heterocycles. The first kappa shape index (κ1) is 19.8. The van der Waals surface area contributed by atoms with Gasteiger partial charge < -0.3 is 10.2 Å². The van der Waals surface area contributed by atoms with Gasteiger partial charge in [0.15, 0.2) is 0 Å². The van der Waals surface area contributed by atoms with E-state index in [2.05, 4.69) is 15.4 Å². The van der Waals surface area contributed by atoms with Gasteiger partial charge in [-0.15, -0.1) is 0 Å². The second kappa shape index (κ2) is 8.86. The number of halogens is 1. The van der Waals surface area contributed by atoms with E-state index in [1.54, 1.807) is 23.1 Å². The highest BCUT2D eigenvalue weighted by Gasteiger charge is 2.28. The Morgan fingerprint density at radius 2 is 1.97 bits per heavy atom. The molecule has 1 fully saturated rings. The number of likely N-dealkylation sites (tertiary alicyclic amines) is 1. The van der Waals surface area contributed by atoms with Gasteiger partial charge in [0, 0.05) is 18.8 Å². The molecule has 1 atom stereocenters. The van der Waals surface area contributed by atoms with Crippen molar-refractivity contribution in [1.29, 1.82) is 0 Å². The van der Waals surface area contributed by atoms with Crippen molar-refractivity contribution >= 4 is 17.5 Å². The first-order valence-electron chi connectivity index (χ1n) is 9.85. The minimum atomic E-state index is -0.287. The zero-order chi connectivity index (χ0) is 20.9. The van der Waals surface area contributed by atoms with Crippen LogP contribution in [0.1, 0.15) is 12.8 Å². The summed E-state index contributed by atoms with van der Waals surface area (Å²) >= 11 is 0. The lowest BCUT2D eigenvalue weighted by Crippen LogP contribution is -2.45. The molecule has 8 heteroatoms. The second-order valence-corrected chi connectivity index (χ2v) is 7.35. The van der Waals surface area contributed by atoms with Crippen LogP contribution >= 0.6 is 0 Å². The summed E-state index contributed by atoms with van der Waals surface area (Å²) in [7, 11) is 0. The van der Waals surface area contributed by atoms with Crippen LogP contribution in [-0.2, 0) is 16.1 Å². The van der Waals surface area contributed by atoms with Crippen LogP contribution in [0.5, 0.6) is 0 Å². The van der Waals surface area contributed by atoms with Crippen LogP contribution in [0.2, 0.25) is 0 Å². The largest absolute Gasteiger partial charge is 0.340 e. The Balaban J connectivity index is 1.35. The van der Waals surface area contributed by atoms with E-state index in [1.165, 1.54) is 29.5 Å². The van der Waals surface area contributed by atoms with Gasteiger partial charge in [0.05, 0.1) is 5.92 Å². The highest BCUT2D eigenvalue weighted by molar-refractivity contribution is 5.93. The lowest BCUT2D eigenvalue weighted by molar-refractivity contribution is -0.135. The highest BCUT2D eigenvalue weighted by Crippen LogP contribution is 2.23. The molecular weight excluding hydrogens is 385 g/mol. The second-order valence-electron chi connectivity index (χ2n) is 7.35.